The molecule has 3 aromatic carbocycles. The molecule has 1 fully saturated rings. The zero-order valence-electron chi connectivity index (χ0n) is 17.7. The van der Waals surface area contributed by atoms with E-state index in [9.17, 15) is 13.2 Å². The second-order valence-electron chi connectivity index (χ2n) is 8.23. The van der Waals surface area contributed by atoms with E-state index < -0.39 is 10.0 Å². The minimum absolute atomic E-state index is 0.158. The Morgan fingerprint density at radius 1 is 0.871 bits per heavy atom. The maximum atomic E-state index is 13.1. The van der Waals surface area contributed by atoms with Crippen LogP contribution in [0.15, 0.2) is 59.5 Å². The van der Waals surface area contributed by atoms with Crippen molar-refractivity contribution in [3.8, 4) is 0 Å². The van der Waals surface area contributed by atoms with Gasteiger partial charge in [0.05, 0.1) is 10.6 Å². The van der Waals surface area contributed by atoms with Crippen molar-refractivity contribution < 1.29 is 13.2 Å². The fourth-order valence-electron chi connectivity index (χ4n) is 4.63. The van der Waals surface area contributed by atoms with E-state index in [0.717, 1.165) is 18.5 Å². The van der Waals surface area contributed by atoms with Gasteiger partial charge in [0, 0.05) is 37.3 Å². The number of sulfonamides is 1. The highest BCUT2D eigenvalue weighted by atomic mass is 32.2. The van der Waals surface area contributed by atoms with Crippen LogP contribution in [0.4, 0.5) is 11.4 Å². The van der Waals surface area contributed by atoms with Crippen molar-refractivity contribution in [1.29, 1.82) is 0 Å². The summed E-state index contributed by atoms with van der Waals surface area (Å²) in [7, 11) is -3.72. The number of hydrogen-bond donors (Lipinski definition) is 0. The van der Waals surface area contributed by atoms with E-state index in [1.807, 2.05) is 18.2 Å². The van der Waals surface area contributed by atoms with Crippen molar-refractivity contribution in [3.63, 3.8) is 0 Å². The zero-order valence-corrected chi connectivity index (χ0v) is 18.5. The molecule has 0 saturated carbocycles. The first-order chi connectivity index (χ1) is 14.9. The number of carbonyl (C=O) groups is 1. The lowest BCUT2D eigenvalue weighted by atomic mass is 10.1. The summed E-state index contributed by atoms with van der Waals surface area (Å²) in [6.07, 6.45) is 0. The summed E-state index contributed by atoms with van der Waals surface area (Å²) in [5.74, 6) is -0.158. The van der Waals surface area contributed by atoms with Gasteiger partial charge in [0.15, 0.2) is 0 Å². The lowest BCUT2D eigenvalue weighted by Crippen LogP contribution is -2.51. The zero-order chi connectivity index (χ0) is 21.8. The molecule has 0 spiro atoms. The van der Waals surface area contributed by atoms with Gasteiger partial charge in [0.25, 0.3) is 10.0 Å². The largest absolute Gasteiger partial charge is 0.368 e. The second-order valence-corrected chi connectivity index (χ2v) is 10.1. The minimum atomic E-state index is -3.72. The molecule has 0 unspecified atom stereocenters. The maximum absolute atomic E-state index is 13.1. The summed E-state index contributed by atoms with van der Waals surface area (Å²) < 4.78 is 27.5. The third kappa shape index (κ3) is 3.15. The van der Waals surface area contributed by atoms with Gasteiger partial charge in [0.2, 0.25) is 5.91 Å². The van der Waals surface area contributed by atoms with Crippen LogP contribution < -0.4 is 9.21 Å². The summed E-state index contributed by atoms with van der Waals surface area (Å²) in [4.78, 5) is 17.4. The molecule has 5 rings (SSSR count). The van der Waals surface area contributed by atoms with Crippen molar-refractivity contribution in [2.24, 2.45) is 0 Å². The van der Waals surface area contributed by atoms with E-state index in [1.165, 1.54) is 21.1 Å². The highest BCUT2D eigenvalue weighted by Gasteiger charge is 2.37. The van der Waals surface area contributed by atoms with Crippen LogP contribution in [0.1, 0.15) is 11.1 Å². The number of piperazine rings is 1. The summed E-state index contributed by atoms with van der Waals surface area (Å²) >= 11 is 0. The average Bonchev–Trinajstić information content (AvgIpc) is 2.99. The lowest BCUT2D eigenvalue weighted by molar-refractivity contribution is -0.129. The van der Waals surface area contributed by atoms with Crippen LogP contribution in [0.2, 0.25) is 0 Å². The number of aryl methyl sites for hydroxylation is 1. The van der Waals surface area contributed by atoms with Crippen molar-refractivity contribution in [1.82, 2.24) is 4.90 Å². The Kier molecular flexibility index (Phi) is 4.66. The Morgan fingerprint density at radius 2 is 1.52 bits per heavy atom. The lowest BCUT2D eigenvalue weighted by Gasteiger charge is -2.37. The van der Waals surface area contributed by atoms with Crippen LogP contribution in [0.3, 0.4) is 0 Å². The molecule has 3 aromatic rings. The number of anilines is 2. The molecule has 0 atom stereocenters. The topological polar surface area (TPSA) is 60.9 Å². The van der Waals surface area contributed by atoms with E-state index in [2.05, 4.69) is 36.9 Å². The van der Waals surface area contributed by atoms with Gasteiger partial charge in [-0.2, -0.15) is 0 Å². The van der Waals surface area contributed by atoms with Crippen LogP contribution in [0.25, 0.3) is 10.8 Å². The molecule has 0 N–H and O–H groups in total. The molecular formula is C24H25N3O3S. The normalized spacial score (nSPS) is 17.4. The first kappa shape index (κ1) is 19.9. The van der Waals surface area contributed by atoms with Crippen molar-refractivity contribution in [3.05, 3.63) is 65.7 Å². The number of amides is 1. The maximum Gasteiger partial charge on any atom is 0.265 e. The molecule has 1 amide bonds. The Hall–Kier alpha value is -3.06. The molecule has 0 bridgehead atoms. The standard InChI is InChI=1S/C24H25N3O3S/c1-17-6-3-9-20(18(17)2)25-12-14-26(15-13-25)23(28)16-27-21-10-4-7-19-8-5-11-22(24(19)21)31(27,29)30/h3-11H,12-16H2,1-2H3. The summed E-state index contributed by atoms with van der Waals surface area (Å²) in [5, 5.41) is 1.58. The number of carbonyl (C=O) groups excluding carboxylic acids is 1. The monoisotopic (exact) mass is 435 g/mol. The fourth-order valence-corrected chi connectivity index (χ4v) is 6.29. The molecule has 0 aliphatic carbocycles. The molecule has 2 aliphatic rings. The summed E-state index contributed by atoms with van der Waals surface area (Å²) in [6.45, 7) is 6.69. The molecule has 7 heteroatoms. The summed E-state index contributed by atoms with van der Waals surface area (Å²) in [6, 6.07) is 17.1. The van der Waals surface area contributed by atoms with Crippen LogP contribution in [-0.4, -0.2) is 51.9 Å². The van der Waals surface area contributed by atoms with Crippen molar-refractivity contribution in [2.45, 2.75) is 18.7 Å². The van der Waals surface area contributed by atoms with Crippen LogP contribution in [-0.2, 0) is 14.8 Å². The Bertz CT molecular complexity index is 1290. The van der Waals surface area contributed by atoms with Crippen LogP contribution >= 0.6 is 0 Å². The van der Waals surface area contributed by atoms with E-state index in [4.69, 9.17) is 0 Å². The van der Waals surface area contributed by atoms with Crippen molar-refractivity contribution >= 4 is 38.1 Å². The van der Waals surface area contributed by atoms with Gasteiger partial charge in [-0.05, 0) is 48.6 Å². The van der Waals surface area contributed by atoms with E-state index in [-0.39, 0.29) is 17.3 Å². The molecule has 2 heterocycles. The molecule has 2 aliphatic heterocycles. The fraction of sp³-hybridized carbons (Fsp3) is 0.292. The molecule has 0 aromatic heterocycles. The van der Waals surface area contributed by atoms with Gasteiger partial charge in [0.1, 0.15) is 6.54 Å². The first-order valence-corrected chi connectivity index (χ1v) is 12.0. The predicted octanol–water partition coefficient (Wildman–Crippen LogP) is 3.31. The Morgan fingerprint density at radius 3 is 2.26 bits per heavy atom. The molecule has 1 saturated heterocycles. The molecule has 0 radical (unpaired) electrons. The molecule has 31 heavy (non-hydrogen) atoms. The van der Waals surface area contributed by atoms with Gasteiger partial charge in [-0.1, -0.05) is 36.4 Å². The van der Waals surface area contributed by atoms with Crippen LogP contribution in [0.5, 0.6) is 0 Å². The van der Waals surface area contributed by atoms with Gasteiger partial charge in [-0.3, -0.25) is 9.10 Å². The van der Waals surface area contributed by atoms with E-state index >= 15 is 0 Å². The van der Waals surface area contributed by atoms with E-state index in [1.54, 1.807) is 23.1 Å². The Labute approximate surface area is 182 Å². The van der Waals surface area contributed by atoms with Gasteiger partial charge in [-0.15, -0.1) is 0 Å². The third-order valence-corrected chi connectivity index (χ3v) is 8.31. The smallest absolute Gasteiger partial charge is 0.265 e. The van der Waals surface area contributed by atoms with E-state index in [0.29, 0.717) is 24.2 Å². The van der Waals surface area contributed by atoms with Gasteiger partial charge >= 0.3 is 0 Å². The first-order valence-electron chi connectivity index (χ1n) is 10.5. The number of nitrogens with zero attached hydrogens (tertiary/aromatic N) is 3. The Balaban J connectivity index is 1.33. The highest BCUT2D eigenvalue weighted by molar-refractivity contribution is 7.93. The van der Waals surface area contributed by atoms with Crippen molar-refractivity contribution in [2.75, 3.05) is 41.9 Å². The highest BCUT2D eigenvalue weighted by Crippen LogP contribution is 2.41. The molecular weight excluding hydrogens is 410 g/mol. The van der Waals surface area contributed by atoms with Gasteiger partial charge in [-0.25, -0.2) is 8.42 Å². The second kappa shape index (κ2) is 7.27. The predicted molar refractivity (Wildman–Crippen MR) is 123 cm³/mol. The molecule has 160 valence electrons. The average molecular weight is 436 g/mol. The molecule has 6 nitrogen and oxygen atoms in total. The SMILES string of the molecule is Cc1cccc(N2CCN(C(=O)CN3c4cccc5cccc(c45)S3(=O)=O)CC2)c1C. The third-order valence-electron chi connectivity index (χ3n) is 6.51. The number of rotatable bonds is 3. The summed E-state index contributed by atoms with van der Waals surface area (Å²) in [5.41, 5.74) is 4.31. The quantitative estimate of drug-likeness (QED) is 0.633. The number of hydrogen-bond acceptors (Lipinski definition) is 4. The minimum Gasteiger partial charge on any atom is -0.368 e. The van der Waals surface area contributed by atoms with Gasteiger partial charge < -0.3 is 9.80 Å². The van der Waals surface area contributed by atoms with Crippen LogP contribution in [0, 0.1) is 13.8 Å². The number of benzene rings is 3.